The van der Waals surface area contributed by atoms with E-state index in [1.165, 1.54) is 6.33 Å². The van der Waals surface area contributed by atoms with Crippen LogP contribution in [-0.4, -0.2) is 46.8 Å². The largest absolute Gasteiger partial charge is 0.393 e. The summed E-state index contributed by atoms with van der Waals surface area (Å²) in [5.74, 6) is 1.33. The van der Waals surface area contributed by atoms with Crippen molar-refractivity contribution in [2.24, 2.45) is 0 Å². The Hall–Kier alpha value is -1.60. The molecule has 1 aromatic heterocycles. The van der Waals surface area contributed by atoms with Crippen molar-refractivity contribution in [2.75, 3.05) is 30.1 Å². The van der Waals surface area contributed by atoms with E-state index in [-0.39, 0.29) is 17.1 Å². The van der Waals surface area contributed by atoms with Gasteiger partial charge in [0.25, 0.3) is 0 Å². The van der Waals surface area contributed by atoms with Gasteiger partial charge in [-0.3, -0.25) is 0 Å². The van der Waals surface area contributed by atoms with Gasteiger partial charge in [0.2, 0.25) is 0 Å². The molecule has 0 amide bonds. The molecule has 1 fully saturated rings. The van der Waals surface area contributed by atoms with E-state index in [9.17, 15) is 0 Å². The van der Waals surface area contributed by atoms with Gasteiger partial charge in [0.1, 0.15) is 12.0 Å². The molecular weight excluding hydrogens is 304 g/mol. The molecule has 0 bridgehead atoms. The second kappa shape index (κ2) is 7.11. The Labute approximate surface area is 145 Å². The summed E-state index contributed by atoms with van der Waals surface area (Å²) in [6, 6.07) is 0.425. The van der Waals surface area contributed by atoms with Crippen molar-refractivity contribution in [3.63, 3.8) is 0 Å². The Morgan fingerprint density at radius 2 is 1.83 bits per heavy atom. The molecule has 7 heteroatoms. The maximum Gasteiger partial charge on any atom is 0.155 e. The van der Waals surface area contributed by atoms with E-state index in [1.54, 1.807) is 7.11 Å². The second-order valence-corrected chi connectivity index (χ2v) is 8.13. The summed E-state index contributed by atoms with van der Waals surface area (Å²) >= 11 is 0. The van der Waals surface area contributed by atoms with Crippen LogP contribution in [0.1, 0.15) is 47.5 Å². The molecule has 1 atom stereocenters. The normalized spacial score (nSPS) is 21.2. The predicted molar refractivity (Wildman–Crippen MR) is 99.3 cm³/mol. The van der Waals surface area contributed by atoms with Gasteiger partial charge in [0, 0.05) is 30.3 Å². The van der Waals surface area contributed by atoms with Crippen molar-refractivity contribution in [1.29, 1.82) is 0 Å². The fourth-order valence-electron chi connectivity index (χ4n) is 3.77. The average molecular weight is 336 g/mol. The minimum absolute atomic E-state index is 0.0647. The minimum atomic E-state index is 0.0647. The highest BCUT2D eigenvalue weighted by atomic mass is 16.5. The van der Waals surface area contributed by atoms with Gasteiger partial charge in [-0.15, -0.1) is 0 Å². The van der Waals surface area contributed by atoms with Crippen molar-refractivity contribution >= 4 is 17.3 Å². The maximum atomic E-state index is 6.27. The SMILES string of the molecule is COCC(C)Nc1ncnc(NC2CC(C)(C)NC(C)(C)C2)c1N. The molecule has 7 nitrogen and oxygen atoms in total. The molecule has 1 unspecified atom stereocenters. The number of ether oxygens (including phenoxy) is 1. The summed E-state index contributed by atoms with van der Waals surface area (Å²) in [6.07, 6.45) is 3.54. The van der Waals surface area contributed by atoms with Crippen LogP contribution in [0.2, 0.25) is 0 Å². The predicted octanol–water partition coefficient (Wildman–Crippen LogP) is 2.23. The van der Waals surface area contributed by atoms with Crippen LogP contribution in [0.15, 0.2) is 6.33 Å². The first kappa shape index (κ1) is 18.7. The van der Waals surface area contributed by atoms with E-state index in [4.69, 9.17) is 10.5 Å². The molecule has 24 heavy (non-hydrogen) atoms. The van der Waals surface area contributed by atoms with Crippen LogP contribution in [0.25, 0.3) is 0 Å². The lowest BCUT2D eigenvalue weighted by Crippen LogP contribution is -2.60. The molecule has 5 N–H and O–H groups in total. The van der Waals surface area contributed by atoms with Crippen LogP contribution >= 0.6 is 0 Å². The van der Waals surface area contributed by atoms with Crippen LogP contribution in [0.4, 0.5) is 17.3 Å². The van der Waals surface area contributed by atoms with E-state index in [0.29, 0.717) is 30.0 Å². The molecule has 2 rings (SSSR count). The van der Waals surface area contributed by atoms with Gasteiger partial charge in [-0.05, 0) is 47.5 Å². The fourth-order valence-corrected chi connectivity index (χ4v) is 3.77. The highest BCUT2D eigenvalue weighted by Crippen LogP contribution is 2.32. The number of anilines is 3. The number of hydrogen-bond donors (Lipinski definition) is 4. The Kier molecular flexibility index (Phi) is 5.55. The highest BCUT2D eigenvalue weighted by molar-refractivity contribution is 5.74. The van der Waals surface area contributed by atoms with Crippen LogP contribution in [0.3, 0.4) is 0 Å². The summed E-state index contributed by atoms with van der Waals surface area (Å²) in [6.45, 7) is 11.5. The van der Waals surface area contributed by atoms with E-state index in [1.807, 2.05) is 6.92 Å². The van der Waals surface area contributed by atoms with Crippen molar-refractivity contribution in [3.05, 3.63) is 6.33 Å². The summed E-state index contributed by atoms with van der Waals surface area (Å²) in [4.78, 5) is 8.60. The van der Waals surface area contributed by atoms with Crippen LogP contribution in [-0.2, 0) is 4.74 Å². The first-order valence-electron chi connectivity index (χ1n) is 8.54. The summed E-state index contributed by atoms with van der Waals surface area (Å²) in [5.41, 5.74) is 6.95. The van der Waals surface area contributed by atoms with Crippen LogP contribution in [0.5, 0.6) is 0 Å². The molecule has 1 aromatic rings. The number of aromatic nitrogens is 2. The van der Waals surface area contributed by atoms with Gasteiger partial charge >= 0.3 is 0 Å². The Bertz CT molecular complexity index is 544. The molecule has 0 aliphatic carbocycles. The lowest BCUT2D eigenvalue weighted by Gasteiger charge is -2.46. The van der Waals surface area contributed by atoms with E-state index in [0.717, 1.165) is 12.8 Å². The molecular formula is C17H32N6O. The molecule has 0 aromatic carbocycles. The van der Waals surface area contributed by atoms with Gasteiger partial charge < -0.3 is 26.4 Å². The Balaban J connectivity index is 2.12. The molecule has 0 saturated carbocycles. The molecule has 0 spiro atoms. The average Bonchev–Trinajstić information content (AvgIpc) is 2.40. The third-order valence-electron chi connectivity index (χ3n) is 4.21. The molecule has 136 valence electrons. The van der Waals surface area contributed by atoms with Gasteiger partial charge in [-0.2, -0.15) is 0 Å². The van der Waals surface area contributed by atoms with Gasteiger partial charge in [0.15, 0.2) is 11.6 Å². The number of methoxy groups -OCH3 is 1. The first-order chi connectivity index (χ1) is 11.1. The van der Waals surface area contributed by atoms with Gasteiger partial charge in [-0.25, -0.2) is 9.97 Å². The zero-order valence-corrected chi connectivity index (χ0v) is 15.7. The number of hydrogen-bond acceptors (Lipinski definition) is 7. The van der Waals surface area contributed by atoms with Crippen molar-refractivity contribution in [1.82, 2.24) is 15.3 Å². The topological polar surface area (TPSA) is 97.1 Å². The monoisotopic (exact) mass is 336 g/mol. The van der Waals surface area contributed by atoms with E-state index in [2.05, 4.69) is 53.6 Å². The first-order valence-corrected chi connectivity index (χ1v) is 8.54. The second-order valence-electron chi connectivity index (χ2n) is 8.13. The number of piperidine rings is 1. The number of nitrogens with two attached hydrogens (primary N) is 1. The smallest absolute Gasteiger partial charge is 0.155 e. The van der Waals surface area contributed by atoms with E-state index < -0.39 is 0 Å². The zero-order valence-electron chi connectivity index (χ0n) is 15.7. The lowest BCUT2D eigenvalue weighted by molar-refractivity contribution is 0.170. The van der Waals surface area contributed by atoms with Crippen LogP contribution < -0.4 is 21.7 Å². The molecule has 0 radical (unpaired) electrons. The minimum Gasteiger partial charge on any atom is -0.393 e. The highest BCUT2D eigenvalue weighted by Gasteiger charge is 2.37. The van der Waals surface area contributed by atoms with Crippen molar-refractivity contribution < 1.29 is 4.74 Å². The lowest BCUT2D eigenvalue weighted by atomic mass is 9.79. The summed E-state index contributed by atoms with van der Waals surface area (Å²) in [7, 11) is 1.68. The van der Waals surface area contributed by atoms with Gasteiger partial charge in [0.05, 0.1) is 6.61 Å². The fraction of sp³-hybridized carbons (Fsp3) is 0.765. The zero-order chi connectivity index (χ0) is 18.0. The van der Waals surface area contributed by atoms with E-state index >= 15 is 0 Å². The van der Waals surface area contributed by atoms with Gasteiger partial charge in [-0.1, -0.05) is 0 Å². The standard InChI is InChI=1S/C17H32N6O/c1-11(9-24-6)21-14-13(18)15(20-10-19-14)22-12-7-16(2,3)23-17(4,5)8-12/h10-12,23H,7-9,18H2,1-6H3,(H2,19,20,21,22). The Morgan fingerprint density at radius 3 is 2.42 bits per heavy atom. The molecule has 2 heterocycles. The van der Waals surface area contributed by atoms with Crippen molar-refractivity contribution in [3.8, 4) is 0 Å². The molecule has 1 saturated heterocycles. The molecule has 1 aliphatic rings. The van der Waals surface area contributed by atoms with Crippen molar-refractivity contribution in [2.45, 2.75) is 70.6 Å². The third kappa shape index (κ3) is 4.95. The molecule has 1 aliphatic heterocycles. The third-order valence-corrected chi connectivity index (χ3v) is 4.21. The Morgan fingerprint density at radius 1 is 1.25 bits per heavy atom. The number of nitrogens with one attached hydrogen (secondary N) is 3. The quantitative estimate of drug-likeness (QED) is 0.632. The summed E-state index contributed by atoms with van der Waals surface area (Å²) in [5, 5.41) is 10.5. The number of nitrogen functional groups attached to an aromatic ring is 1. The maximum absolute atomic E-state index is 6.27. The number of nitrogens with zero attached hydrogens (tertiary/aromatic N) is 2. The number of rotatable bonds is 6. The summed E-state index contributed by atoms with van der Waals surface area (Å²) < 4.78 is 5.14. The van der Waals surface area contributed by atoms with Crippen LogP contribution in [0, 0.1) is 0 Å².